The first-order valence-corrected chi connectivity index (χ1v) is 4.09. The number of nitrogens with two attached hydrogens (primary N) is 1. The monoisotopic (exact) mass is 236 g/mol. The van der Waals surface area contributed by atoms with Crippen LogP contribution >= 0.6 is 0 Å². The maximum Gasteiger partial charge on any atom is 0.491 e. The van der Waals surface area contributed by atoms with Gasteiger partial charge in [0.25, 0.3) is 0 Å². The quantitative estimate of drug-likeness (QED) is 0.693. The fraction of sp³-hybridized carbons (Fsp3) is 0.375. The maximum absolute atomic E-state index is 11.9. The van der Waals surface area contributed by atoms with E-state index < -0.39 is 30.2 Å². The smallest absolute Gasteiger partial charge is 0.432 e. The molecule has 0 radical (unpaired) electrons. The zero-order valence-corrected chi connectivity index (χ0v) is 7.77. The molecule has 88 valence electrons. The highest BCUT2D eigenvalue weighted by molar-refractivity contribution is 5.84. The summed E-state index contributed by atoms with van der Waals surface area (Å²) in [5.74, 6) is -4.51. The maximum atomic E-state index is 11.9. The number of aliphatic imine (C=N–C) groups is 1. The molecule has 0 aromatic heterocycles. The zero-order valence-electron chi connectivity index (χ0n) is 7.77. The topological polar surface area (TPSA) is 81.8 Å². The number of esters is 1. The number of ether oxygens (including phenoxy) is 1. The summed E-state index contributed by atoms with van der Waals surface area (Å²) in [5, 5.41) is 0. The molecule has 0 aliphatic carbocycles. The lowest BCUT2D eigenvalue weighted by molar-refractivity contribution is -0.206. The number of halogens is 3. The lowest BCUT2D eigenvalue weighted by Gasteiger charge is -2.21. The van der Waals surface area contributed by atoms with Crippen LogP contribution < -0.4 is 5.73 Å². The van der Waals surface area contributed by atoms with Gasteiger partial charge < -0.3 is 10.5 Å². The summed E-state index contributed by atoms with van der Waals surface area (Å²) in [6.45, 7) is 0. The van der Waals surface area contributed by atoms with Gasteiger partial charge in [-0.2, -0.15) is 13.2 Å². The number of allylic oxidation sites excluding steroid dienone is 1. The molecule has 2 atom stereocenters. The number of primary amides is 1. The van der Waals surface area contributed by atoms with Crippen molar-refractivity contribution in [1.29, 1.82) is 0 Å². The van der Waals surface area contributed by atoms with Crippen molar-refractivity contribution >= 4 is 18.1 Å². The van der Waals surface area contributed by atoms with Crippen LogP contribution in [-0.4, -0.2) is 30.5 Å². The minimum Gasteiger partial charge on any atom is -0.432 e. The Morgan fingerprint density at radius 3 is 2.50 bits per heavy atom. The molecule has 0 aromatic carbocycles. The van der Waals surface area contributed by atoms with Crippen LogP contribution in [0.5, 0.6) is 0 Å². The van der Waals surface area contributed by atoms with Crippen LogP contribution in [0, 0.1) is 5.92 Å². The Morgan fingerprint density at radius 1 is 1.38 bits per heavy atom. The summed E-state index contributed by atoms with van der Waals surface area (Å²) in [6.07, 6.45) is -3.03. The SMILES string of the molecule is NC(=O)C1C=CC=NC1OC(=O)C(F)(F)F. The molecule has 0 bridgehead atoms. The number of carbonyl (C=O) groups is 2. The summed E-state index contributed by atoms with van der Waals surface area (Å²) in [7, 11) is 0. The van der Waals surface area contributed by atoms with Crippen molar-refractivity contribution in [1.82, 2.24) is 0 Å². The van der Waals surface area contributed by atoms with Crippen LogP contribution in [0.3, 0.4) is 0 Å². The van der Waals surface area contributed by atoms with E-state index in [1.54, 1.807) is 0 Å². The molecule has 2 N–H and O–H groups in total. The van der Waals surface area contributed by atoms with E-state index in [1.807, 2.05) is 0 Å². The summed E-state index contributed by atoms with van der Waals surface area (Å²) < 4.78 is 39.6. The Kier molecular flexibility index (Phi) is 3.31. The van der Waals surface area contributed by atoms with E-state index in [2.05, 4.69) is 9.73 Å². The molecule has 0 saturated carbocycles. The number of amides is 1. The molecule has 1 amide bonds. The normalized spacial score (nSPS) is 24.2. The van der Waals surface area contributed by atoms with E-state index in [9.17, 15) is 22.8 Å². The number of hydrogen-bond donors (Lipinski definition) is 1. The average Bonchev–Trinajstić information content (AvgIpc) is 2.16. The van der Waals surface area contributed by atoms with Gasteiger partial charge in [0.2, 0.25) is 12.1 Å². The lowest BCUT2D eigenvalue weighted by Crippen LogP contribution is -2.38. The fourth-order valence-electron chi connectivity index (χ4n) is 1.01. The van der Waals surface area contributed by atoms with E-state index in [0.29, 0.717) is 0 Å². The second-order valence-corrected chi connectivity index (χ2v) is 2.90. The summed E-state index contributed by atoms with van der Waals surface area (Å²) >= 11 is 0. The van der Waals surface area contributed by atoms with Gasteiger partial charge >= 0.3 is 12.1 Å². The molecule has 1 aliphatic rings. The standard InChI is InChI=1S/C8H7F3N2O3/c9-8(10,11)7(15)16-6-4(5(12)14)2-1-3-13-6/h1-4,6H,(H2,12,14). The van der Waals surface area contributed by atoms with Crippen LogP contribution in [0.15, 0.2) is 17.1 Å². The zero-order chi connectivity index (χ0) is 12.3. The first kappa shape index (κ1) is 12.2. The molecule has 16 heavy (non-hydrogen) atoms. The van der Waals surface area contributed by atoms with Gasteiger partial charge in [-0.3, -0.25) is 4.79 Å². The van der Waals surface area contributed by atoms with Gasteiger partial charge in [-0.05, 0) is 6.08 Å². The highest BCUT2D eigenvalue weighted by atomic mass is 19.4. The molecule has 1 rings (SSSR count). The van der Waals surface area contributed by atoms with Gasteiger partial charge in [-0.1, -0.05) is 6.08 Å². The van der Waals surface area contributed by atoms with E-state index in [0.717, 1.165) is 6.21 Å². The fourth-order valence-corrected chi connectivity index (χ4v) is 1.01. The van der Waals surface area contributed by atoms with Gasteiger partial charge in [0.05, 0.1) is 0 Å². The molecular formula is C8H7F3N2O3. The summed E-state index contributed by atoms with van der Waals surface area (Å²) in [5.41, 5.74) is 4.91. The number of nitrogens with zero attached hydrogens (tertiary/aromatic N) is 1. The first-order chi connectivity index (χ1) is 7.32. The Morgan fingerprint density at radius 2 is 2.00 bits per heavy atom. The van der Waals surface area contributed by atoms with Gasteiger partial charge in [0.1, 0.15) is 5.92 Å². The Labute approximate surface area is 87.8 Å². The molecule has 8 heteroatoms. The van der Waals surface area contributed by atoms with Crippen molar-refractivity contribution in [2.75, 3.05) is 0 Å². The third kappa shape index (κ3) is 2.81. The van der Waals surface area contributed by atoms with Gasteiger partial charge in [-0.15, -0.1) is 0 Å². The van der Waals surface area contributed by atoms with E-state index in [-0.39, 0.29) is 0 Å². The minimum atomic E-state index is -5.13. The van der Waals surface area contributed by atoms with Crippen LogP contribution in [-0.2, 0) is 14.3 Å². The molecule has 0 fully saturated rings. The molecule has 1 heterocycles. The van der Waals surface area contributed by atoms with Gasteiger partial charge in [-0.25, -0.2) is 9.79 Å². The minimum absolute atomic E-state index is 0.923. The number of hydrogen-bond acceptors (Lipinski definition) is 4. The number of carbonyl (C=O) groups excluding carboxylic acids is 2. The molecule has 0 spiro atoms. The highest BCUT2D eigenvalue weighted by Crippen LogP contribution is 2.21. The molecule has 1 aliphatic heterocycles. The van der Waals surface area contributed by atoms with Crippen molar-refractivity contribution in [3.8, 4) is 0 Å². The van der Waals surface area contributed by atoms with Crippen molar-refractivity contribution < 1.29 is 27.5 Å². The van der Waals surface area contributed by atoms with E-state index >= 15 is 0 Å². The number of rotatable bonds is 2. The third-order valence-electron chi connectivity index (χ3n) is 1.73. The second-order valence-electron chi connectivity index (χ2n) is 2.90. The molecule has 5 nitrogen and oxygen atoms in total. The molecular weight excluding hydrogens is 229 g/mol. The Balaban J connectivity index is 2.73. The lowest BCUT2D eigenvalue weighted by atomic mass is 10.1. The van der Waals surface area contributed by atoms with E-state index in [4.69, 9.17) is 5.73 Å². The summed E-state index contributed by atoms with van der Waals surface area (Å²) in [4.78, 5) is 24.8. The van der Waals surface area contributed by atoms with Crippen LogP contribution in [0.1, 0.15) is 0 Å². The predicted molar refractivity (Wildman–Crippen MR) is 46.3 cm³/mol. The molecule has 0 aromatic rings. The van der Waals surface area contributed by atoms with Crippen molar-refractivity contribution in [3.05, 3.63) is 12.2 Å². The Hall–Kier alpha value is -1.86. The van der Waals surface area contributed by atoms with Gasteiger partial charge in [0, 0.05) is 6.21 Å². The number of alkyl halides is 3. The van der Waals surface area contributed by atoms with Crippen LogP contribution in [0.4, 0.5) is 13.2 Å². The predicted octanol–water partition coefficient (Wildman–Crippen LogP) is 0.160. The Bertz CT molecular complexity index is 362. The van der Waals surface area contributed by atoms with E-state index in [1.165, 1.54) is 12.2 Å². The summed E-state index contributed by atoms with van der Waals surface area (Å²) in [6, 6.07) is 0. The second kappa shape index (κ2) is 4.33. The average molecular weight is 236 g/mol. The largest absolute Gasteiger partial charge is 0.491 e. The van der Waals surface area contributed by atoms with Crippen LogP contribution in [0.2, 0.25) is 0 Å². The first-order valence-electron chi connectivity index (χ1n) is 4.09. The molecule has 2 unspecified atom stereocenters. The van der Waals surface area contributed by atoms with Gasteiger partial charge in [0.15, 0.2) is 0 Å². The number of dihydropyridines is 1. The third-order valence-corrected chi connectivity index (χ3v) is 1.73. The van der Waals surface area contributed by atoms with Crippen LogP contribution in [0.25, 0.3) is 0 Å². The van der Waals surface area contributed by atoms with Crippen molar-refractivity contribution in [2.24, 2.45) is 16.6 Å². The highest BCUT2D eigenvalue weighted by Gasteiger charge is 2.43. The van der Waals surface area contributed by atoms with Crippen molar-refractivity contribution in [2.45, 2.75) is 12.4 Å². The molecule has 0 saturated heterocycles. The van der Waals surface area contributed by atoms with Crippen molar-refractivity contribution in [3.63, 3.8) is 0 Å².